The lowest BCUT2D eigenvalue weighted by Crippen LogP contribution is -2.34. The third-order valence-electron chi connectivity index (χ3n) is 1.71. The first kappa shape index (κ1) is 9.66. The van der Waals surface area contributed by atoms with Crippen LogP contribution in [0.5, 0.6) is 0 Å². The molecule has 1 rings (SSSR count). The fourth-order valence-electron chi connectivity index (χ4n) is 1.07. The van der Waals surface area contributed by atoms with Crippen LogP contribution in [0.4, 0.5) is 4.79 Å². The minimum Gasteiger partial charge on any atom is -0.364 e. The number of carbonyl (C=O) groups is 3. The molecule has 0 bridgehead atoms. The molecule has 1 fully saturated rings. The second kappa shape index (κ2) is 3.53. The van der Waals surface area contributed by atoms with Gasteiger partial charge in [0.25, 0.3) is 0 Å². The van der Waals surface area contributed by atoms with Crippen molar-refractivity contribution in [1.82, 2.24) is 9.80 Å². The van der Waals surface area contributed by atoms with Gasteiger partial charge in [-0.15, -0.1) is 0 Å². The average molecular weight is 186 g/mol. The molecule has 72 valence electrons. The molecular formula is C7H10N2O4. The summed E-state index contributed by atoms with van der Waals surface area (Å²) in [6.07, 6.45) is 0. The zero-order chi connectivity index (χ0) is 10.0. The van der Waals surface area contributed by atoms with Gasteiger partial charge in [-0.3, -0.25) is 14.5 Å². The highest BCUT2D eigenvalue weighted by Gasteiger charge is 2.43. The third-order valence-corrected chi connectivity index (χ3v) is 1.71. The minimum atomic E-state index is -0.825. The smallest absolute Gasteiger partial charge is 0.336 e. The molecule has 0 spiro atoms. The van der Waals surface area contributed by atoms with E-state index in [1.54, 1.807) is 6.92 Å². The maximum atomic E-state index is 11.3. The van der Waals surface area contributed by atoms with E-state index in [1.807, 2.05) is 0 Å². The summed E-state index contributed by atoms with van der Waals surface area (Å²) in [5.74, 6) is -1.61. The van der Waals surface area contributed by atoms with Crippen LogP contribution in [0.25, 0.3) is 0 Å². The summed E-state index contributed by atoms with van der Waals surface area (Å²) in [5, 5.41) is 0. The van der Waals surface area contributed by atoms with Crippen molar-refractivity contribution in [3.8, 4) is 0 Å². The van der Waals surface area contributed by atoms with Crippen molar-refractivity contribution in [1.29, 1.82) is 0 Å². The highest BCUT2D eigenvalue weighted by Crippen LogP contribution is 2.10. The van der Waals surface area contributed by atoms with Crippen molar-refractivity contribution in [3.63, 3.8) is 0 Å². The molecular weight excluding hydrogens is 176 g/mol. The molecule has 13 heavy (non-hydrogen) atoms. The van der Waals surface area contributed by atoms with E-state index < -0.39 is 17.8 Å². The number of nitrogens with zero attached hydrogens (tertiary/aromatic N) is 2. The van der Waals surface area contributed by atoms with Crippen LogP contribution in [0, 0.1) is 0 Å². The first-order valence-corrected chi connectivity index (χ1v) is 3.79. The predicted molar refractivity (Wildman–Crippen MR) is 41.5 cm³/mol. The van der Waals surface area contributed by atoms with Crippen molar-refractivity contribution < 1.29 is 19.1 Å². The summed E-state index contributed by atoms with van der Waals surface area (Å²) in [7, 11) is 1.35. The van der Waals surface area contributed by atoms with E-state index in [0.29, 0.717) is 0 Å². The topological polar surface area (TPSA) is 66.9 Å². The molecule has 0 N–H and O–H groups in total. The highest BCUT2D eigenvalue weighted by atomic mass is 16.5. The fourth-order valence-corrected chi connectivity index (χ4v) is 1.07. The Hall–Kier alpha value is -1.43. The first-order chi connectivity index (χ1) is 6.13. The molecule has 1 heterocycles. The molecule has 0 radical (unpaired) electrons. The van der Waals surface area contributed by atoms with Crippen molar-refractivity contribution in [2.75, 3.05) is 20.4 Å². The van der Waals surface area contributed by atoms with Gasteiger partial charge in [0.1, 0.15) is 6.73 Å². The SMILES string of the molecule is CCN1C(=O)C(=O)N(COC)C1=O. The second-order valence-corrected chi connectivity index (χ2v) is 2.48. The second-order valence-electron chi connectivity index (χ2n) is 2.48. The van der Waals surface area contributed by atoms with Gasteiger partial charge in [0.15, 0.2) is 0 Å². The Morgan fingerprint density at radius 3 is 2.08 bits per heavy atom. The van der Waals surface area contributed by atoms with Crippen molar-refractivity contribution in [3.05, 3.63) is 0 Å². The van der Waals surface area contributed by atoms with Crippen LogP contribution < -0.4 is 0 Å². The van der Waals surface area contributed by atoms with Gasteiger partial charge < -0.3 is 4.74 Å². The molecule has 6 nitrogen and oxygen atoms in total. The van der Waals surface area contributed by atoms with Crippen LogP contribution in [-0.2, 0) is 14.3 Å². The largest absolute Gasteiger partial charge is 0.364 e. The minimum absolute atomic E-state index is 0.181. The van der Waals surface area contributed by atoms with E-state index in [1.165, 1.54) is 7.11 Å². The monoisotopic (exact) mass is 186 g/mol. The number of urea groups is 1. The molecule has 0 aromatic heterocycles. The molecule has 4 amide bonds. The molecule has 0 aliphatic carbocycles. The maximum Gasteiger partial charge on any atom is 0.336 e. The van der Waals surface area contributed by atoms with Gasteiger partial charge in [-0.25, -0.2) is 9.69 Å². The number of hydrogen-bond acceptors (Lipinski definition) is 4. The van der Waals surface area contributed by atoms with Gasteiger partial charge in [-0.1, -0.05) is 0 Å². The van der Waals surface area contributed by atoms with E-state index in [0.717, 1.165) is 9.80 Å². The van der Waals surface area contributed by atoms with Gasteiger partial charge >= 0.3 is 17.8 Å². The van der Waals surface area contributed by atoms with E-state index in [2.05, 4.69) is 4.74 Å². The average Bonchev–Trinajstić information content (AvgIpc) is 2.31. The lowest BCUT2D eigenvalue weighted by atomic mass is 10.5. The summed E-state index contributed by atoms with van der Waals surface area (Å²) >= 11 is 0. The zero-order valence-electron chi connectivity index (χ0n) is 7.44. The number of rotatable bonds is 3. The summed E-state index contributed by atoms with van der Waals surface area (Å²) in [5.41, 5.74) is 0. The van der Waals surface area contributed by atoms with Gasteiger partial charge in [0, 0.05) is 13.7 Å². The summed E-state index contributed by atoms with van der Waals surface area (Å²) in [6.45, 7) is 1.64. The maximum absolute atomic E-state index is 11.3. The fraction of sp³-hybridized carbons (Fsp3) is 0.571. The molecule has 1 aliphatic rings. The standard InChI is InChI=1S/C7H10N2O4/c1-3-8-5(10)6(11)9(4-13-2)7(8)12/h3-4H2,1-2H3. The lowest BCUT2D eigenvalue weighted by molar-refractivity contribution is -0.144. The Balaban J connectivity index is 2.85. The Bertz CT molecular complexity index is 263. The van der Waals surface area contributed by atoms with Gasteiger partial charge in [0.2, 0.25) is 0 Å². The summed E-state index contributed by atoms with van der Waals surface area (Å²) in [4.78, 5) is 35.1. The Labute approximate surface area is 75.0 Å². The number of methoxy groups -OCH3 is 1. The van der Waals surface area contributed by atoms with E-state index in [9.17, 15) is 14.4 Å². The Morgan fingerprint density at radius 2 is 1.69 bits per heavy atom. The number of amides is 4. The van der Waals surface area contributed by atoms with Crippen LogP contribution in [0.2, 0.25) is 0 Å². The van der Waals surface area contributed by atoms with Crippen LogP contribution in [0.1, 0.15) is 6.92 Å². The molecule has 0 aromatic rings. The predicted octanol–water partition coefficient (Wildman–Crippen LogP) is -0.599. The molecule has 0 unspecified atom stereocenters. The summed E-state index contributed by atoms with van der Waals surface area (Å²) in [6, 6.07) is -0.612. The van der Waals surface area contributed by atoms with Gasteiger partial charge in [0.05, 0.1) is 0 Å². The lowest BCUT2D eigenvalue weighted by Gasteiger charge is -2.12. The van der Waals surface area contributed by atoms with Crippen molar-refractivity contribution in [2.24, 2.45) is 0 Å². The number of carbonyl (C=O) groups excluding carboxylic acids is 3. The van der Waals surface area contributed by atoms with Crippen LogP contribution in [0.3, 0.4) is 0 Å². The number of ether oxygens (including phenoxy) is 1. The van der Waals surface area contributed by atoms with Crippen LogP contribution >= 0.6 is 0 Å². The van der Waals surface area contributed by atoms with Crippen LogP contribution in [-0.4, -0.2) is 48.0 Å². The molecule has 1 saturated heterocycles. The van der Waals surface area contributed by atoms with Gasteiger partial charge in [-0.2, -0.15) is 0 Å². The zero-order valence-corrected chi connectivity index (χ0v) is 7.44. The molecule has 0 saturated carbocycles. The third kappa shape index (κ3) is 1.40. The molecule has 1 aliphatic heterocycles. The quantitative estimate of drug-likeness (QED) is 0.436. The van der Waals surface area contributed by atoms with E-state index in [4.69, 9.17) is 0 Å². The Kier molecular flexibility index (Phi) is 2.62. The van der Waals surface area contributed by atoms with Gasteiger partial charge in [-0.05, 0) is 6.92 Å². The van der Waals surface area contributed by atoms with Crippen LogP contribution in [0.15, 0.2) is 0 Å². The number of hydrogen-bond donors (Lipinski definition) is 0. The Morgan fingerprint density at radius 1 is 1.15 bits per heavy atom. The molecule has 0 atom stereocenters. The highest BCUT2D eigenvalue weighted by molar-refractivity contribution is 6.44. The first-order valence-electron chi connectivity index (χ1n) is 3.79. The number of imide groups is 2. The molecule has 6 heteroatoms. The van der Waals surface area contributed by atoms with Crippen molar-refractivity contribution in [2.45, 2.75) is 6.92 Å². The summed E-state index contributed by atoms with van der Waals surface area (Å²) < 4.78 is 4.61. The van der Waals surface area contributed by atoms with E-state index in [-0.39, 0.29) is 13.3 Å². The normalized spacial score (nSPS) is 17.5. The molecule has 0 aromatic carbocycles. The number of likely N-dealkylation sites (N-methyl/N-ethyl adjacent to an activating group) is 1. The van der Waals surface area contributed by atoms with Crippen molar-refractivity contribution >= 4 is 17.8 Å². The van der Waals surface area contributed by atoms with E-state index >= 15 is 0 Å².